The van der Waals surface area contributed by atoms with Crippen molar-refractivity contribution in [3.05, 3.63) is 58.5 Å². The van der Waals surface area contributed by atoms with E-state index in [1.54, 1.807) is 18.2 Å². The summed E-state index contributed by atoms with van der Waals surface area (Å²) in [7, 11) is 0. The van der Waals surface area contributed by atoms with Crippen LogP contribution in [0.1, 0.15) is 15.9 Å². The van der Waals surface area contributed by atoms with Crippen molar-refractivity contribution >= 4 is 51.9 Å². The number of nitrogens with zero attached hydrogens (tertiary/aromatic N) is 1. The first-order valence-corrected chi connectivity index (χ1v) is 8.22. The number of thioether (sulfide) groups is 1. The van der Waals surface area contributed by atoms with Gasteiger partial charge in [-0.15, -0.1) is 0 Å². The Bertz CT molecular complexity index is 921. The number of amides is 1. The lowest BCUT2D eigenvalue weighted by atomic mass is 10.1. The molecule has 0 radical (unpaired) electrons. The number of hydrogen-bond donors (Lipinski definition) is 3. The maximum atomic E-state index is 12.6. The number of hydrogen-bond acceptors (Lipinski definition) is 6. The molecule has 2 aromatic carbocycles. The fourth-order valence-electron chi connectivity index (χ4n) is 2.25. The van der Waals surface area contributed by atoms with Crippen molar-refractivity contribution in [1.82, 2.24) is 0 Å². The fourth-order valence-corrected chi connectivity index (χ4v) is 3.55. The van der Waals surface area contributed by atoms with Gasteiger partial charge in [-0.3, -0.25) is 9.69 Å². The molecule has 1 amide bonds. The van der Waals surface area contributed by atoms with Crippen molar-refractivity contribution in [3.63, 3.8) is 0 Å². The van der Waals surface area contributed by atoms with Crippen molar-refractivity contribution in [3.8, 4) is 11.5 Å². The number of benzene rings is 2. The lowest BCUT2D eigenvalue weighted by molar-refractivity contribution is -0.113. The number of aromatic hydroxyl groups is 2. The second-order valence-electron chi connectivity index (χ2n) is 5.12. The second kappa shape index (κ2) is 6.58. The van der Waals surface area contributed by atoms with Gasteiger partial charge in [0, 0.05) is 6.07 Å². The van der Waals surface area contributed by atoms with Gasteiger partial charge in [0.15, 0.2) is 4.32 Å². The van der Waals surface area contributed by atoms with E-state index in [-0.39, 0.29) is 21.5 Å². The maximum absolute atomic E-state index is 12.6. The number of carbonyl (C=O) groups is 2. The maximum Gasteiger partial charge on any atom is 0.339 e. The number of phenols is 2. The molecule has 0 unspecified atom stereocenters. The van der Waals surface area contributed by atoms with Gasteiger partial charge in [0.2, 0.25) is 0 Å². The van der Waals surface area contributed by atoms with Crippen molar-refractivity contribution in [1.29, 1.82) is 0 Å². The minimum atomic E-state index is -1.26. The van der Waals surface area contributed by atoms with E-state index < -0.39 is 11.7 Å². The highest BCUT2D eigenvalue weighted by Gasteiger charge is 2.33. The van der Waals surface area contributed by atoms with Crippen molar-refractivity contribution in [2.24, 2.45) is 0 Å². The molecule has 1 aliphatic rings. The molecule has 25 heavy (non-hydrogen) atoms. The lowest BCUT2D eigenvalue weighted by Crippen LogP contribution is -2.27. The number of carboxylic acids is 1. The van der Waals surface area contributed by atoms with E-state index in [9.17, 15) is 19.8 Å². The third kappa shape index (κ3) is 3.35. The van der Waals surface area contributed by atoms with Gasteiger partial charge in [0.1, 0.15) is 17.1 Å². The van der Waals surface area contributed by atoms with Gasteiger partial charge in [0.25, 0.3) is 5.91 Å². The topological polar surface area (TPSA) is 98.1 Å². The Morgan fingerprint density at radius 2 is 1.80 bits per heavy atom. The highest BCUT2D eigenvalue weighted by molar-refractivity contribution is 8.27. The molecule has 126 valence electrons. The zero-order valence-electron chi connectivity index (χ0n) is 12.5. The zero-order valence-corrected chi connectivity index (χ0v) is 14.2. The highest BCUT2D eigenvalue weighted by atomic mass is 32.2. The van der Waals surface area contributed by atoms with Gasteiger partial charge < -0.3 is 15.3 Å². The first kappa shape index (κ1) is 17.0. The van der Waals surface area contributed by atoms with Crippen LogP contribution in [0.3, 0.4) is 0 Å². The monoisotopic (exact) mass is 373 g/mol. The summed E-state index contributed by atoms with van der Waals surface area (Å²) in [5.74, 6) is -1.95. The summed E-state index contributed by atoms with van der Waals surface area (Å²) in [4.78, 5) is 25.2. The van der Waals surface area contributed by atoms with Crippen LogP contribution in [0.4, 0.5) is 5.69 Å². The average molecular weight is 373 g/mol. The van der Waals surface area contributed by atoms with E-state index in [0.717, 1.165) is 17.3 Å². The predicted octanol–water partition coefficient (Wildman–Crippen LogP) is 3.20. The molecule has 0 atom stereocenters. The summed E-state index contributed by atoms with van der Waals surface area (Å²) >= 11 is 6.33. The van der Waals surface area contributed by atoms with Crippen LogP contribution in [0.25, 0.3) is 6.08 Å². The van der Waals surface area contributed by atoms with Crippen LogP contribution in [-0.2, 0) is 4.79 Å². The Balaban J connectivity index is 1.93. The normalized spacial score (nSPS) is 15.8. The van der Waals surface area contributed by atoms with Crippen LogP contribution in [0.15, 0.2) is 47.4 Å². The number of aromatic carboxylic acids is 1. The minimum Gasteiger partial charge on any atom is -0.508 e. The molecule has 3 N–H and O–H groups in total. The summed E-state index contributed by atoms with van der Waals surface area (Å²) in [5, 5.41) is 28.1. The molecule has 0 saturated carbocycles. The third-order valence-electron chi connectivity index (χ3n) is 3.45. The van der Waals surface area contributed by atoms with Crippen LogP contribution >= 0.6 is 24.0 Å². The first-order valence-electron chi connectivity index (χ1n) is 7.00. The van der Waals surface area contributed by atoms with Gasteiger partial charge in [-0.2, -0.15) is 0 Å². The highest BCUT2D eigenvalue weighted by Crippen LogP contribution is 2.37. The Morgan fingerprint density at radius 1 is 1.12 bits per heavy atom. The molecule has 6 nitrogen and oxygen atoms in total. The average Bonchev–Trinajstić information content (AvgIpc) is 2.83. The summed E-state index contributed by atoms with van der Waals surface area (Å²) in [5.41, 5.74) is 0.760. The molecule has 0 spiro atoms. The SMILES string of the molecule is O=C(O)c1ccc(N2C(=O)/C(=C/c3ccc(O)cc3)SC2=S)cc1O. The Labute approximate surface area is 152 Å². The summed E-state index contributed by atoms with van der Waals surface area (Å²) in [6.45, 7) is 0. The standard InChI is InChI=1S/C17H11NO5S2/c19-11-4-1-9(2-5-11)7-14-15(21)18(17(24)25-14)10-3-6-12(16(22)23)13(20)8-10/h1-8,19-20H,(H,22,23)/b14-7-. The first-order chi connectivity index (χ1) is 11.9. The molecular formula is C17H11NO5S2. The van der Waals surface area contributed by atoms with Crippen LogP contribution in [-0.4, -0.2) is 31.5 Å². The second-order valence-corrected chi connectivity index (χ2v) is 6.79. The van der Waals surface area contributed by atoms with Crippen molar-refractivity contribution in [2.75, 3.05) is 4.90 Å². The molecule has 3 rings (SSSR count). The summed E-state index contributed by atoms with van der Waals surface area (Å²) in [6.07, 6.45) is 1.64. The smallest absolute Gasteiger partial charge is 0.339 e. The number of phenolic OH excluding ortho intramolecular Hbond substituents is 1. The van der Waals surface area contributed by atoms with Gasteiger partial charge in [-0.05, 0) is 35.9 Å². The van der Waals surface area contributed by atoms with Crippen LogP contribution in [0, 0.1) is 0 Å². The number of thiocarbonyl (C=S) groups is 1. The van der Waals surface area contributed by atoms with E-state index in [0.29, 0.717) is 10.6 Å². The Morgan fingerprint density at radius 3 is 2.40 bits per heavy atom. The molecule has 1 heterocycles. The predicted molar refractivity (Wildman–Crippen MR) is 98.8 cm³/mol. The minimum absolute atomic E-state index is 0.124. The van der Waals surface area contributed by atoms with E-state index >= 15 is 0 Å². The quantitative estimate of drug-likeness (QED) is 0.561. The molecule has 0 aromatic heterocycles. The molecule has 1 fully saturated rings. The number of anilines is 1. The van der Waals surface area contributed by atoms with Crippen LogP contribution < -0.4 is 4.90 Å². The van der Waals surface area contributed by atoms with E-state index in [1.165, 1.54) is 35.2 Å². The Hall–Kier alpha value is -2.84. The lowest BCUT2D eigenvalue weighted by Gasteiger charge is -2.15. The van der Waals surface area contributed by atoms with Crippen LogP contribution in [0.5, 0.6) is 11.5 Å². The summed E-state index contributed by atoms with van der Waals surface area (Å²) < 4.78 is 0.275. The molecule has 2 aromatic rings. The molecule has 1 saturated heterocycles. The van der Waals surface area contributed by atoms with Crippen LogP contribution in [0.2, 0.25) is 0 Å². The Kier molecular flexibility index (Phi) is 4.47. The van der Waals surface area contributed by atoms with Crippen molar-refractivity contribution < 1.29 is 24.9 Å². The third-order valence-corrected chi connectivity index (χ3v) is 4.76. The zero-order chi connectivity index (χ0) is 18.1. The van der Waals surface area contributed by atoms with Gasteiger partial charge in [-0.25, -0.2) is 4.79 Å². The number of carbonyl (C=O) groups excluding carboxylic acids is 1. The fraction of sp³-hybridized carbons (Fsp3) is 0. The number of rotatable bonds is 3. The van der Waals surface area contributed by atoms with E-state index in [4.69, 9.17) is 17.3 Å². The molecule has 1 aliphatic heterocycles. The van der Waals surface area contributed by atoms with E-state index in [2.05, 4.69) is 0 Å². The molecule has 8 heteroatoms. The van der Waals surface area contributed by atoms with Gasteiger partial charge in [0.05, 0.1) is 10.6 Å². The number of carboxylic acid groups (broad SMARTS) is 1. The molecule has 0 bridgehead atoms. The molecular weight excluding hydrogens is 362 g/mol. The van der Waals surface area contributed by atoms with Crippen molar-refractivity contribution in [2.45, 2.75) is 0 Å². The largest absolute Gasteiger partial charge is 0.508 e. The summed E-state index contributed by atoms with van der Waals surface area (Å²) in [6, 6.07) is 10.2. The van der Waals surface area contributed by atoms with E-state index in [1.807, 2.05) is 0 Å². The molecule has 0 aliphatic carbocycles. The van der Waals surface area contributed by atoms with Gasteiger partial charge in [-0.1, -0.05) is 36.1 Å². The van der Waals surface area contributed by atoms with Gasteiger partial charge >= 0.3 is 5.97 Å².